The number of carbonyl (C=O) groups is 2. The van der Waals surface area contributed by atoms with Crippen LogP contribution in [-0.2, 0) is 11.2 Å². The van der Waals surface area contributed by atoms with Crippen molar-refractivity contribution in [3.05, 3.63) is 40.8 Å². The molecule has 0 radical (unpaired) electrons. The van der Waals surface area contributed by atoms with Crippen molar-refractivity contribution in [2.24, 2.45) is 0 Å². The number of rotatable bonds is 5. The number of aryl methyl sites for hydroxylation is 1. The molecule has 0 aliphatic heterocycles. The maximum Gasteiger partial charge on any atom is 0.339 e. The van der Waals surface area contributed by atoms with Crippen LogP contribution in [0.5, 0.6) is 5.75 Å². The molecule has 23 heavy (non-hydrogen) atoms. The SMILES string of the molecule is CCc1[nH]c(C(=O)Nc2ncccc2OC)c(C)c1C(=O)OC. The normalized spacial score (nSPS) is 10.3. The number of carbonyl (C=O) groups excluding carboxylic acids is 2. The van der Waals surface area contributed by atoms with E-state index in [9.17, 15) is 9.59 Å². The second-order valence-electron chi connectivity index (χ2n) is 4.83. The van der Waals surface area contributed by atoms with Gasteiger partial charge >= 0.3 is 5.97 Å². The van der Waals surface area contributed by atoms with Crippen molar-refractivity contribution in [2.45, 2.75) is 20.3 Å². The number of nitrogens with zero attached hydrogens (tertiary/aromatic N) is 1. The van der Waals surface area contributed by atoms with Crippen LogP contribution >= 0.6 is 0 Å². The maximum atomic E-state index is 12.5. The van der Waals surface area contributed by atoms with E-state index in [1.54, 1.807) is 25.3 Å². The first-order valence-electron chi connectivity index (χ1n) is 7.13. The average Bonchev–Trinajstić information content (AvgIpc) is 2.91. The summed E-state index contributed by atoms with van der Waals surface area (Å²) in [7, 11) is 2.81. The summed E-state index contributed by atoms with van der Waals surface area (Å²) in [4.78, 5) is 31.5. The number of hydrogen-bond donors (Lipinski definition) is 2. The third-order valence-corrected chi connectivity index (χ3v) is 3.52. The Kier molecular flexibility index (Phi) is 5.00. The van der Waals surface area contributed by atoms with Gasteiger partial charge in [0.1, 0.15) is 5.69 Å². The fraction of sp³-hybridized carbons (Fsp3) is 0.312. The second-order valence-corrected chi connectivity index (χ2v) is 4.83. The Labute approximate surface area is 134 Å². The van der Waals surface area contributed by atoms with Gasteiger partial charge in [-0.1, -0.05) is 6.92 Å². The van der Waals surface area contributed by atoms with E-state index in [1.807, 2.05) is 6.92 Å². The van der Waals surface area contributed by atoms with Crippen LogP contribution in [0.25, 0.3) is 0 Å². The number of pyridine rings is 1. The molecular formula is C16H19N3O4. The molecule has 2 aromatic heterocycles. The van der Waals surface area contributed by atoms with Gasteiger partial charge in [-0.3, -0.25) is 4.79 Å². The molecule has 2 N–H and O–H groups in total. The summed E-state index contributed by atoms with van der Waals surface area (Å²) in [5.41, 5.74) is 1.90. The molecule has 0 fully saturated rings. The Morgan fingerprint density at radius 2 is 2.09 bits per heavy atom. The molecular weight excluding hydrogens is 298 g/mol. The molecule has 7 nitrogen and oxygen atoms in total. The van der Waals surface area contributed by atoms with Crippen molar-refractivity contribution in [2.75, 3.05) is 19.5 Å². The summed E-state index contributed by atoms with van der Waals surface area (Å²) in [6.07, 6.45) is 2.13. The highest BCUT2D eigenvalue weighted by Gasteiger charge is 2.24. The quantitative estimate of drug-likeness (QED) is 0.826. The van der Waals surface area contributed by atoms with Crippen molar-refractivity contribution in [1.82, 2.24) is 9.97 Å². The van der Waals surface area contributed by atoms with Gasteiger partial charge in [0.15, 0.2) is 11.6 Å². The van der Waals surface area contributed by atoms with Crippen LogP contribution < -0.4 is 10.1 Å². The van der Waals surface area contributed by atoms with E-state index >= 15 is 0 Å². The molecule has 2 rings (SSSR count). The highest BCUT2D eigenvalue weighted by atomic mass is 16.5. The molecule has 0 spiro atoms. The number of anilines is 1. The zero-order valence-corrected chi connectivity index (χ0v) is 13.5. The van der Waals surface area contributed by atoms with Crippen LogP contribution in [0.2, 0.25) is 0 Å². The Morgan fingerprint density at radius 1 is 1.35 bits per heavy atom. The van der Waals surface area contributed by atoms with E-state index in [1.165, 1.54) is 14.2 Å². The molecule has 0 aromatic carbocycles. The first-order valence-corrected chi connectivity index (χ1v) is 7.13. The molecule has 1 amide bonds. The van der Waals surface area contributed by atoms with Gasteiger partial charge in [0.25, 0.3) is 5.91 Å². The number of aromatic amines is 1. The number of hydrogen-bond acceptors (Lipinski definition) is 5. The summed E-state index contributed by atoms with van der Waals surface area (Å²) >= 11 is 0. The lowest BCUT2D eigenvalue weighted by Crippen LogP contribution is -2.15. The number of ether oxygens (including phenoxy) is 2. The summed E-state index contributed by atoms with van der Waals surface area (Å²) in [5.74, 6) is -0.102. The zero-order chi connectivity index (χ0) is 17.0. The van der Waals surface area contributed by atoms with Gasteiger partial charge in [0, 0.05) is 11.9 Å². The standard InChI is InChI=1S/C16H19N3O4/c1-5-10-12(16(21)23-4)9(2)13(18-10)15(20)19-14-11(22-3)7-6-8-17-14/h6-8,18H,5H2,1-4H3,(H,17,19,20). The third kappa shape index (κ3) is 3.18. The fourth-order valence-corrected chi connectivity index (χ4v) is 2.35. The first-order chi connectivity index (χ1) is 11.0. The molecule has 0 saturated carbocycles. The van der Waals surface area contributed by atoms with Gasteiger partial charge in [-0.05, 0) is 31.0 Å². The molecule has 0 saturated heterocycles. The van der Waals surface area contributed by atoms with E-state index in [0.29, 0.717) is 40.5 Å². The Morgan fingerprint density at radius 3 is 2.70 bits per heavy atom. The minimum absolute atomic E-state index is 0.301. The van der Waals surface area contributed by atoms with Gasteiger partial charge in [-0.2, -0.15) is 0 Å². The van der Waals surface area contributed by atoms with Gasteiger partial charge in [0.2, 0.25) is 0 Å². The number of methoxy groups -OCH3 is 2. The second kappa shape index (κ2) is 6.95. The molecule has 0 bridgehead atoms. The Bertz CT molecular complexity index is 737. The van der Waals surface area contributed by atoms with Crippen LogP contribution in [0.1, 0.15) is 39.0 Å². The minimum atomic E-state index is -0.468. The van der Waals surface area contributed by atoms with E-state index in [0.717, 1.165) is 0 Å². The predicted molar refractivity (Wildman–Crippen MR) is 85.0 cm³/mol. The number of esters is 1. The largest absolute Gasteiger partial charge is 0.493 e. The average molecular weight is 317 g/mol. The number of H-pyrrole nitrogens is 1. The monoisotopic (exact) mass is 317 g/mol. The number of amides is 1. The van der Waals surface area contributed by atoms with E-state index in [4.69, 9.17) is 9.47 Å². The molecule has 0 aliphatic rings. The Balaban J connectivity index is 2.37. The molecule has 122 valence electrons. The van der Waals surface area contributed by atoms with Crippen molar-refractivity contribution in [3.8, 4) is 5.75 Å². The molecule has 2 heterocycles. The Hall–Kier alpha value is -2.83. The number of aromatic nitrogens is 2. The lowest BCUT2D eigenvalue weighted by atomic mass is 10.1. The van der Waals surface area contributed by atoms with Crippen molar-refractivity contribution in [1.29, 1.82) is 0 Å². The summed E-state index contributed by atoms with van der Waals surface area (Å²) < 4.78 is 9.94. The van der Waals surface area contributed by atoms with Crippen LogP contribution in [-0.4, -0.2) is 36.1 Å². The third-order valence-electron chi connectivity index (χ3n) is 3.52. The van der Waals surface area contributed by atoms with Crippen molar-refractivity contribution in [3.63, 3.8) is 0 Å². The molecule has 2 aromatic rings. The van der Waals surface area contributed by atoms with Crippen LogP contribution in [0.4, 0.5) is 5.82 Å². The highest BCUT2D eigenvalue weighted by Crippen LogP contribution is 2.24. The lowest BCUT2D eigenvalue weighted by molar-refractivity contribution is 0.0599. The van der Waals surface area contributed by atoms with E-state index in [-0.39, 0.29) is 0 Å². The van der Waals surface area contributed by atoms with Crippen LogP contribution in [0.3, 0.4) is 0 Å². The van der Waals surface area contributed by atoms with Gasteiger partial charge in [-0.25, -0.2) is 9.78 Å². The van der Waals surface area contributed by atoms with E-state index in [2.05, 4.69) is 15.3 Å². The minimum Gasteiger partial charge on any atom is -0.493 e. The molecule has 0 atom stereocenters. The predicted octanol–water partition coefficient (Wildman–Crippen LogP) is 2.33. The smallest absolute Gasteiger partial charge is 0.339 e. The topological polar surface area (TPSA) is 93.3 Å². The van der Waals surface area contributed by atoms with Gasteiger partial charge in [0.05, 0.1) is 19.8 Å². The first kappa shape index (κ1) is 16.5. The van der Waals surface area contributed by atoms with Gasteiger partial charge < -0.3 is 19.8 Å². The molecule has 0 aliphatic carbocycles. The summed E-state index contributed by atoms with van der Waals surface area (Å²) in [6.45, 7) is 3.59. The van der Waals surface area contributed by atoms with Crippen molar-refractivity contribution < 1.29 is 19.1 Å². The van der Waals surface area contributed by atoms with Crippen molar-refractivity contribution >= 4 is 17.7 Å². The summed E-state index contributed by atoms with van der Waals surface area (Å²) in [5, 5.41) is 2.68. The van der Waals surface area contributed by atoms with E-state index < -0.39 is 11.9 Å². The summed E-state index contributed by atoms with van der Waals surface area (Å²) in [6, 6.07) is 3.40. The zero-order valence-electron chi connectivity index (χ0n) is 13.5. The molecule has 0 unspecified atom stereocenters. The van der Waals surface area contributed by atoms with Gasteiger partial charge in [-0.15, -0.1) is 0 Å². The maximum absolute atomic E-state index is 12.5. The lowest BCUT2D eigenvalue weighted by Gasteiger charge is -2.08. The molecule has 7 heteroatoms. The fourth-order valence-electron chi connectivity index (χ4n) is 2.35. The number of nitrogens with one attached hydrogen (secondary N) is 2. The highest BCUT2D eigenvalue weighted by molar-refractivity contribution is 6.07. The van der Waals surface area contributed by atoms with Crippen LogP contribution in [0.15, 0.2) is 18.3 Å². The van der Waals surface area contributed by atoms with Crippen LogP contribution in [0, 0.1) is 6.92 Å².